The summed E-state index contributed by atoms with van der Waals surface area (Å²) in [5.74, 6) is 0.0604. The first-order valence-electron chi connectivity index (χ1n) is 6.22. The van der Waals surface area contributed by atoms with Gasteiger partial charge in [0.15, 0.2) is 5.69 Å². The molecular formula is C12H19F3N4OS. The normalized spacial score (nSPS) is 14.7. The van der Waals surface area contributed by atoms with Gasteiger partial charge in [-0.3, -0.25) is 0 Å². The number of anilines is 2. The maximum absolute atomic E-state index is 12.9. The van der Waals surface area contributed by atoms with Crippen molar-refractivity contribution >= 4 is 23.5 Å². The average Bonchev–Trinajstić information content (AvgIpc) is 2.38. The Balaban J connectivity index is 3.09. The van der Waals surface area contributed by atoms with E-state index in [-0.39, 0.29) is 29.7 Å². The number of nitrogens with one attached hydrogen (secondary N) is 1. The summed E-state index contributed by atoms with van der Waals surface area (Å²) in [5, 5.41) is 11.9. The SMILES string of the molecule is CS[C@H](CO)[C@H](C)Nc1nc(N(C)C)cc(C(F)(F)F)n1. The second-order valence-electron chi connectivity index (χ2n) is 4.72. The molecule has 5 nitrogen and oxygen atoms in total. The van der Waals surface area contributed by atoms with Gasteiger partial charge < -0.3 is 15.3 Å². The van der Waals surface area contributed by atoms with Crippen molar-refractivity contribution in [1.82, 2.24) is 9.97 Å². The first kappa shape index (κ1) is 17.8. The quantitative estimate of drug-likeness (QED) is 0.835. The molecule has 2 atom stereocenters. The van der Waals surface area contributed by atoms with E-state index >= 15 is 0 Å². The van der Waals surface area contributed by atoms with Crippen molar-refractivity contribution < 1.29 is 18.3 Å². The summed E-state index contributed by atoms with van der Waals surface area (Å²) in [6.07, 6.45) is -2.72. The maximum atomic E-state index is 12.9. The number of rotatable bonds is 6. The van der Waals surface area contributed by atoms with Gasteiger partial charge in [0.1, 0.15) is 5.82 Å². The Bertz CT molecular complexity index is 466. The molecule has 0 unspecified atom stereocenters. The van der Waals surface area contributed by atoms with Crippen LogP contribution >= 0.6 is 11.8 Å². The topological polar surface area (TPSA) is 61.3 Å². The van der Waals surface area contributed by atoms with E-state index in [9.17, 15) is 18.3 Å². The van der Waals surface area contributed by atoms with Crippen molar-refractivity contribution in [3.05, 3.63) is 11.8 Å². The third kappa shape index (κ3) is 4.92. The molecule has 0 aliphatic heterocycles. The molecule has 0 aromatic carbocycles. The van der Waals surface area contributed by atoms with E-state index in [0.29, 0.717) is 0 Å². The molecule has 1 aromatic heterocycles. The fraction of sp³-hybridized carbons (Fsp3) is 0.667. The highest BCUT2D eigenvalue weighted by Crippen LogP contribution is 2.30. The van der Waals surface area contributed by atoms with Gasteiger partial charge in [0.25, 0.3) is 0 Å². The van der Waals surface area contributed by atoms with Crippen LogP contribution in [0.2, 0.25) is 0 Å². The maximum Gasteiger partial charge on any atom is 0.433 e. The number of alkyl halides is 3. The van der Waals surface area contributed by atoms with Crippen LogP contribution in [0.15, 0.2) is 6.07 Å². The molecule has 0 bridgehead atoms. The van der Waals surface area contributed by atoms with E-state index in [1.54, 1.807) is 21.0 Å². The number of halogens is 3. The molecule has 0 fully saturated rings. The summed E-state index contributed by atoms with van der Waals surface area (Å²) in [6, 6.07) is 0.622. The van der Waals surface area contributed by atoms with Gasteiger partial charge in [0.05, 0.1) is 6.61 Å². The van der Waals surface area contributed by atoms with Crippen LogP contribution in [0.1, 0.15) is 12.6 Å². The summed E-state index contributed by atoms with van der Waals surface area (Å²) in [4.78, 5) is 9.04. The van der Waals surface area contributed by atoms with Crippen LogP contribution < -0.4 is 10.2 Å². The van der Waals surface area contributed by atoms with Gasteiger partial charge in [-0.1, -0.05) is 0 Å². The lowest BCUT2D eigenvalue weighted by atomic mass is 10.2. The van der Waals surface area contributed by atoms with Crippen LogP contribution in [-0.2, 0) is 6.18 Å². The Morgan fingerprint density at radius 1 is 1.38 bits per heavy atom. The summed E-state index contributed by atoms with van der Waals surface area (Å²) in [6.45, 7) is 1.67. The Labute approximate surface area is 126 Å². The Morgan fingerprint density at radius 3 is 2.43 bits per heavy atom. The number of hydrogen-bond acceptors (Lipinski definition) is 6. The van der Waals surface area contributed by atoms with Crippen molar-refractivity contribution in [2.24, 2.45) is 0 Å². The Hall–Kier alpha value is -1.22. The van der Waals surface area contributed by atoms with E-state index in [2.05, 4.69) is 15.3 Å². The highest BCUT2D eigenvalue weighted by molar-refractivity contribution is 7.99. The molecule has 0 aliphatic rings. The number of hydrogen-bond donors (Lipinski definition) is 2. The standard InChI is InChI=1S/C12H19F3N4OS/c1-7(8(6-20)21-4)16-11-17-9(12(13,14)15)5-10(18-11)19(2)3/h5,7-8,20H,6H2,1-4H3,(H,16,17,18)/t7-,8+/m0/s1. The predicted molar refractivity (Wildman–Crippen MR) is 78.8 cm³/mol. The van der Waals surface area contributed by atoms with Crippen molar-refractivity contribution in [2.75, 3.05) is 37.2 Å². The number of aliphatic hydroxyl groups is 1. The van der Waals surface area contributed by atoms with E-state index in [0.717, 1.165) is 6.07 Å². The highest BCUT2D eigenvalue weighted by atomic mass is 32.2. The second-order valence-corrected chi connectivity index (χ2v) is 5.79. The van der Waals surface area contributed by atoms with Crippen LogP contribution in [0.25, 0.3) is 0 Å². The zero-order valence-electron chi connectivity index (χ0n) is 12.3. The van der Waals surface area contributed by atoms with Crippen LogP contribution in [0, 0.1) is 0 Å². The molecule has 0 saturated heterocycles. The minimum Gasteiger partial charge on any atom is -0.395 e. The first-order valence-corrected chi connectivity index (χ1v) is 7.51. The molecule has 0 aliphatic carbocycles. The van der Waals surface area contributed by atoms with Gasteiger partial charge in [-0.25, -0.2) is 4.98 Å². The van der Waals surface area contributed by atoms with Crippen LogP contribution in [0.3, 0.4) is 0 Å². The van der Waals surface area contributed by atoms with Crippen LogP contribution in [0.4, 0.5) is 24.9 Å². The molecule has 120 valence electrons. The highest BCUT2D eigenvalue weighted by Gasteiger charge is 2.34. The summed E-state index contributed by atoms with van der Waals surface area (Å²) < 4.78 is 38.6. The zero-order valence-corrected chi connectivity index (χ0v) is 13.1. The fourth-order valence-corrected chi connectivity index (χ4v) is 2.23. The van der Waals surface area contributed by atoms with E-state index in [1.165, 1.54) is 16.7 Å². The number of aliphatic hydroxyl groups excluding tert-OH is 1. The lowest BCUT2D eigenvalue weighted by Gasteiger charge is -2.22. The largest absolute Gasteiger partial charge is 0.433 e. The summed E-state index contributed by atoms with van der Waals surface area (Å²) >= 11 is 1.42. The smallest absolute Gasteiger partial charge is 0.395 e. The third-order valence-electron chi connectivity index (χ3n) is 2.86. The molecule has 21 heavy (non-hydrogen) atoms. The molecule has 2 N–H and O–H groups in total. The molecule has 0 radical (unpaired) electrons. The van der Waals surface area contributed by atoms with Gasteiger partial charge in [0.2, 0.25) is 5.95 Å². The number of thioether (sulfide) groups is 1. The van der Waals surface area contributed by atoms with Crippen molar-refractivity contribution in [3.8, 4) is 0 Å². The van der Waals surface area contributed by atoms with Gasteiger partial charge in [0, 0.05) is 31.5 Å². The summed E-state index contributed by atoms with van der Waals surface area (Å²) in [7, 11) is 3.21. The van der Waals surface area contributed by atoms with Gasteiger partial charge in [-0.2, -0.15) is 29.9 Å². The second kappa shape index (κ2) is 7.17. The average molecular weight is 324 g/mol. The Kier molecular flexibility index (Phi) is 6.09. The lowest BCUT2D eigenvalue weighted by Crippen LogP contribution is -2.32. The Morgan fingerprint density at radius 2 is 2.00 bits per heavy atom. The molecule has 0 saturated carbocycles. The van der Waals surface area contributed by atoms with Crippen molar-refractivity contribution in [2.45, 2.75) is 24.4 Å². The molecule has 1 aromatic rings. The lowest BCUT2D eigenvalue weighted by molar-refractivity contribution is -0.141. The van der Waals surface area contributed by atoms with Gasteiger partial charge in [-0.15, -0.1) is 0 Å². The molecule has 0 spiro atoms. The third-order valence-corrected chi connectivity index (χ3v) is 4.02. The van der Waals surface area contributed by atoms with Crippen molar-refractivity contribution in [1.29, 1.82) is 0 Å². The van der Waals surface area contributed by atoms with Gasteiger partial charge >= 0.3 is 6.18 Å². The van der Waals surface area contributed by atoms with Gasteiger partial charge in [-0.05, 0) is 13.2 Å². The van der Waals surface area contributed by atoms with E-state index in [1.807, 2.05) is 6.26 Å². The monoisotopic (exact) mass is 324 g/mol. The fourth-order valence-electron chi connectivity index (χ4n) is 1.61. The minimum absolute atomic E-state index is 0.0885. The molecule has 1 rings (SSSR count). The molecule has 1 heterocycles. The molecule has 0 amide bonds. The first-order chi connectivity index (χ1) is 9.68. The predicted octanol–water partition coefficient (Wildman–Crippen LogP) is 2.09. The zero-order chi connectivity index (χ0) is 16.2. The van der Waals surface area contributed by atoms with Crippen LogP contribution in [0.5, 0.6) is 0 Å². The van der Waals surface area contributed by atoms with E-state index < -0.39 is 11.9 Å². The van der Waals surface area contributed by atoms with Crippen LogP contribution in [-0.4, -0.2) is 53.3 Å². The molecule has 9 heteroatoms. The van der Waals surface area contributed by atoms with Crippen molar-refractivity contribution in [3.63, 3.8) is 0 Å². The minimum atomic E-state index is -4.54. The molecular weight excluding hydrogens is 305 g/mol. The number of nitrogens with zero attached hydrogens (tertiary/aromatic N) is 3. The number of aromatic nitrogens is 2. The summed E-state index contributed by atoms with van der Waals surface area (Å²) in [5.41, 5.74) is -0.999. The van der Waals surface area contributed by atoms with E-state index in [4.69, 9.17) is 0 Å².